The van der Waals surface area contributed by atoms with Crippen molar-refractivity contribution < 1.29 is 9.53 Å². The minimum absolute atomic E-state index is 0.0221. The van der Waals surface area contributed by atoms with Crippen molar-refractivity contribution in [3.05, 3.63) is 67.5 Å². The Morgan fingerprint density at radius 2 is 1.75 bits per heavy atom. The summed E-state index contributed by atoms with van der Waals surface area (Å²) >= 11 is 0. The van der Waals surface area contributed by atoms with E-state index in [2.05, 4.69) is 9.97 Å². The Morgan fingerprint density at radius 3 is 2.33 bits per heavy atom. The number of nitrogens with one attached hydrogen (secondary N) is 1. The van der Waals surface area contributed by atoms with Crippen molar-refractivity contribution in [3.63, 3.8) is 0 Å². The summed E-state index contributed by atoms with van der Waals surface area (Å²) in [6.07, 6.45) is 1.43. The highest BCUT2D eigenvalue weighted by atomic mass is 16.5. The number of hydrogen-bond acceptors (Lipinski definition) is 5. The van der Waals surface area contributed by atoms with Gasteiger partial charge in [0, 0.05) is 38.2 Å². The van der Waals surface area contributed by atoms with Gasteiger partial charge in [0.25, 0.3) is 11.5 Å². The molecule has 192 valence electrons. The van der Waals surface area contributed by atoms with Crippen LogP contribution in [0.15, 0.2) is 33.9 Å². The SMILES string of the molecule is Cc1cccc(C)c1OC1CCN(C(=O)c2cc(C(C)C)nc3c2c(=O)[nH]c(=O)n3CC(C)C)CC1. The van der Waals surface area contributed by atoms with Crippen molar-refractivity contribution in [2.75, 3.05) is 13.1 Å². The third-order valence-electron chi connectivity index (χ3n) is 6.76. The Morgan fingerprint density at radius 1 is 1.11 bits per heavy atom. The lowest BCUT2D eigenvalue weighted by atomic mass is 10.0. The molecular weight excluding hydrogens is 456 g/mol. The van der Waals surface area contributed by atoms with Crippen molar-refractivity contribution in [1.82, 2.24) is 19.4 Å². The van der Waals surface area contributed by atoms with Crippen LogP contribution in [0, 0.1) is 19.8 Å². The van der Waals surface area contributed by atoms with Crippen LogP contribution in [-0.2, 0) is 6.54 Å². The van der Waals surface area contributed by atoms with Crippen molar-refractivity contribution in [1.29, 1.82) is 0 Å². The smallest absolute Gasteiger partial charge is 0.330 e. The van der Waals surface area contributed by atoms with Gasteiger partial charge in [0.05, 0.1) is 10.9 Å². The molecule has 4 rings (SSSR count). The molecule has 0 bridgehead atoms. The van der Waals surface area contributed by atoms with Gasteiger partial charge >= 0.3 is 5.69 Å². The zero-order valence-corrected chi connectivity index (χ0v) is 22.1. The highest BCUT2D eigenvalue weighted by molar-refractivity contribution is 6.05. The number of ether oxygens (including phenoxy) is 1. The summed E-state index contributed by atoms with van der Waals surface area (Å²) in [5.74, 6) is 0.893. The standard InChI is InChI=1S/C28H36N4O4/c1-16(2)15-32-25-23(26(33)30-28(32)35)21(14-22(29-25)17(3)4)27(34)31-12-10-20(11-13-31)36-24-18(5)8-7-9-19(24)6/h7-9,14,16-17,20H,10-13,15H2,1-6H3,(H,30,33,35). The van der Waals surface area contributed by atoms with Gasteiger partial charge in [0.2, 0.25) is 0 Å². The maximum atomic E-state index is 13.7. The maximum absolute atomic E-state index is 13.7. The fourth-order valence-electron chi connectivity index (χ4n) is 4.79. The summed E-state index contributed by atoms with van der Waals surface area (Å²) in [7, 11) is 0. The molecule has 0 spiro atoms. The molecule has 1 aliphatic rings. The fourth-order valence-corrected chi connectivity index (χ4v) is 4.79. The third kappa shape index (κ3) is 5.08. The highest BCUT2D eigenvalue weighted by Gasteiger charge is 2.28. The normalized spacial score (nSPS) is 14.7. The molecule has 1 aliphatic heterocycles. The van der Waals surface area contributed by atoms with Crippen LogP contribution < -0.4 is 16.0 Å². The number of carbonyl (C=O) groups is 1. The van der Waals surface area contributed by atoms with Gasteiger partial charge in [-0.2, -0.15) is 0 Å². The summed E-state index contributed by atoms with van der Waals surface area (Å²) in [6.45, 7) is 13.5. The number of nitrogens with zero attached hydrogens (tertiary/aromatic N) is 3. The van der Waals surface area contributed by atoms with Gasteiger partial charge in [-0.25, -0.2) is 9.78 Å². The number of para-hydroxylation sites is 1. The molecule has 1 aromatic carbocycles. The number of hydrogen-bond donors (Lipinski definition) is 1. The van der Waals surface area contributed by atoms with Crippen LogP contribution in [0.5, 0.6) is 5.75 Å². The average Bonchev–Trinajstić information content (AvgIpc) is 2.83. The molecule has 0 saturated carbocycles. The van der Waals surface area contributed by atoms with Crippen LogP contribution in [0.2, 0.25) is 0 Å². The van der Waals surface area contributed by atoms with E-state index in [0.717, 1.165) is 16.9 Å². The Hall–Kier alpha value is -3.42. The molecular formula is C28H36N4O4. The van der Waals surface area contributed by atoms with E-state index in [9.17, 15) is 14.4 Å². The summed E-state index contributed by atoms with van der Waals surface area (Å²) < 4.78 is 7.80. The average molecular weight is 493 g/mol. The Labute approximate surface area is 211 Å². The predicted octanol–water partition coefficient (Wildman–Crippen LogP) is 4.16. The number of likely N-dealkylation sites (tertiary alicyclic amines) is 1. The number of aromatic amines is 1. The van der Waals surface area contributed by atoms with E-state index in [1.54, 1.807) is 11.0 Å². The molecule has 36 heavy (non-hydrogen) atoms. The first-order chi connectivity index (χ1) is 17.1. The van der Waals surface area contributed by atoms with Crippen molar-refractivity contribution >= 4 is 16.9 Å². The van der Waals surface area contributed by atoms with Crippen molar-refractivity contribution in [3.8, 4) is 5.75 Å². The number of benzene rings is 1. The van der Waals surface area contributed by atoms with Gasteiger partial charge < -0.3 is 9.64 Å². The third-order valence-corrected chi connectivity index (χ3v) is 6.76. The molecule has 3 heterocycles. The Balaban J connectivity index is 1.66. The lowest BCUT2D eigenvalue weighted by Crippen LogP contribution is -2.42. The zero-order valence-electron chi connectivity index (χ0n) is 22.1. The zero-order chi connectivity index (χ0) is 26.1. The summed E-state index contributed by atoms with van der Waals surface area (Å²) in [4.78, 5) is 48.2. The van der Waals surface area contributed by atoms with Gasteiger partial charge in [-0.3, -0.25) is 19.1 Å². The molecule has 0 radical (unpaired) electrons. The first-order valence-electron chi connectivity index (χ1n) is 12.8. The number of H-pyrrole nitrogens is 1. The van der Waals surface area contributed by atoms with Crippen LogP contribution in [0.4, 0.5) is 0 Å². The first-order valence-corrected chi connectivity index (χ1v) is 12.8. The van der Waals surface area contributed by atoms with Crippen molar-refractivity contribution in [2.45, 2.75) is 73.0 Å². The quantitative estimate of drug-likeness (QED) is 0.557. The summed E-state index contributed by atoms with van der Waals surface area (Å²) in [6, 6.07) is 7.82. The molecule has 1 amide bonds. The van der Waals surface area contributed by atoms with E-state index in [1.165, 1.54) is 4.57 Å². The lowest BCUT2D eigenvalue weighted by molar-refractivity contribution is 0.0594. The maximum Gasteiger partial charge on any atom is 0.330 e. The second-order valence-corrected chi connectivity index (χ2v) is 10.5. The van der Waals surface area contributed by atoms with Gasteiger partial charge in [0.15, 0.2) is 5.65 Å². The molecule has 1 fully saturated rings. The summed E-state index contributed by atoms with van der Waals surface area (Å²) in [5, 5.41) is 0.179. The first kappa shape index (κ1) is 25.7. The predicted molar refractivity (Wildman–Crippen MR) is 141 cm³/mol. The highest BCUT2D eigenvalue weighted by Crippen LogP contribution is 2.28. The molecule has 3 aromatic rings. The molecule has 0 atom stereocenters. The van der Waals surface area contributed by atoms with E-state index in [4.69, 9.17) is 4.74 Å². The Bertz CT molecular complexity index is 1370. The molecule has 8 nitrogen and oxygen atoms in total. The topological polar surface area (TPSA) is 97.3 Å². The molecule has 1 saturated heterocycles. The second-order valence-electron chi connectivity index (χ2n) is 10.5. The van der Waals surface area contributed by atoms with Gasteiger partial charge in [-0.05, 0) is 42.9 Å². The van der Waals surface area contributed by atoms with Crippen LogP contribution >= 0.6 is 0 Å². The minimum atomic E-state index is -0.575. The number of pyridine rings is 1. The molecule has 0 aliphatic carbocycles. The van der Waals surface area contributed by atoms with Gasteiger partial charge in [-0.1, -0.05) is 45.9 Å². The number of amides is 1. The molecule has 1 N–H and O–H groups in total. The van der Waals surface area contributed by atoms with Crippen molar-refractivity contribution in [2.24, 2.45) is 5.92 Å². The van der Waals surface area contributed by atoms with E-state index in [0.29, 0.717) is 43.7 Å². The summed E-state index contributed by atoms with van der Waals surface area (Å²) in [5.41, 5.74) is 2.39. The van der Waals surface area contributed by atoms with E-state index >= 15 is 0 Å². The van der Waals surface area contributed by atoms with E-state index < -0.39 is 11.2 Å². The van der Waals surface area contributed by atoms with E-state index in [-0.39, 0.29) is 34.9 Å². The number of piperidine rings is 1. The van der Waals surface area contributed by atoms with Gasteiger partial charge in [-0.15, -0.1) is 0 Å². The van der Waals surface area contributed by atoms with Gasteiger partial charge in [0.1, 0.15) is 11.9 Å². The number of fused-ring (bicyclic) bond motifs is 1. The van der Waals surface area contributed by atoms with Crippen LogP contribution in [0.3, 0.4) is 0 Å². The second kappa shape index (κ2) is 10.3. The van der Waals surface area contributed by atoms with Crippen LogP contribution in [-0.4, -0.2) is 44.5 Å². The molecule has 2 aromatic heterocycles. The monoisotopic (exact) mass is 492 g/mol. The number of rotatable bonds is 6. The number of aromatic nitrogens is 3. The minimum Gasteiger partial charge on any atom is -0.490 e. The van der Waals surface area contributed by atoms with Crippen LogP contribution in [0.1, 0.15) is 73.6 Å². The largest absolute Gasteiger partial charge is 0.490 e. The Kier molecular flexibility index (Phi) is 7.33. The van der Waals surface area contributed by atoms with E-state index in [1.807, 2.05) is 59.7 Å². The fraction of sp³-hybridized carbons (Fsp3) is 0.500. The number of carbonyl (C=O) groups excluding carboxylic acids is 1. The lowest BCUT2D eigenvalue weighted by Gasteiger charge is -2.33. The molecule has 8 heteroatoms. The van der Waals surface area contributed by atoms with Crippen LogP contribution in [0.25, 0.3) is 11.0 Å². The number of aryl methyl sites for hydroxylation is 2. The molecule has 0 unspecified atom stereocenters.